The van der Waals surface area contributed by atoms with Crippen molar-refractivity contribution in [2.45, 2.75) is 11.7 Å². The minimum absolute atomic E-state index is 0.123. The molecule has 0 aliphatic rings. The number of para-hydroxylation sites is 1. The zero-order chi connectivity index (χ0) is 21.5. The third-order valence-electron chi connectivity index (χ3n) is 4.44. The van der Waals surface area contributed by atoms with Crippen molar-refractivity contribution < 1.29 is 4.79 Å². The third kappa shape index (κ3) is 4.87. The Morgan fingerprint density at radius 3 is 2.65 bits per heavy atom. The van der Waals surface area contributed by atoms with Gasteiger partial charge in [0.25, 0.3) is 0 Å². The van der Waals surface area contributed by atoms with Crippen LogP contribution in [0.2, 0.25) is 0 Å². The quantitative estimate of drug-likeness (QED) is 0.332. The predicted octanol–water partition coefficient (Wildman–Crippen LogP) is 4.32. The van der Waals surface area contributed by atoms with E-state index in [-0.39, 0.29) is 11.7 Å². The van der Waals surface area contributed by atoms with Crippen molar-refractivity contribution in [1.29, 1.82) is 0 Å². The van der Waals surface area contributed by atoms with E-state index in [0.717, 1.165) is 16.8 Å². The lowest BCUT2D eigenvalue weighted by Gasteiger charge is -2.11. The van der Waals surface area contributed by atoms with Crippen LogP contribution < -0.4 is 5.32 Å². The van der Waals surface area contributed by atoms with Gasteiger partial charge < -0.3 is 5.32 Å². The van der Waals surface area contributed by atoms with Crippen molar-refractivity contribution in [2.24, 2.45) is 0 Å². The maximum atomic E-state index is 12.7. The normalized spacial score (nSPS) is 10.6. The van der Waals surface area contributed by atoms with E-state index >= 15 is 0 Å². The topological polar surface area (TPSA) is 85.6 Å². The lowest BCUT2D eigenvalue weighted by Crippen LogP contribution is -2.15. The Hall–Kier alpha value is -3.78. The van der Waals surface area contributed by atoms with Crippen LogP contribution in [0.3, 0.4) is 0 Å². The van der Waals surface area contributed by atoms with E-state index in [1.54, 1.807) is 24.7 Å². The monoisotopic (exact) mass is 428 g/mol. The van der Waals surface area contributed by atoms with Crippen molar-refractivity contribution in [3.63, 3.8) is 0 Å². The molecule has 8 heteroatoms. The molecule has 4 rings (SSSR count). The van der Waals surface area contributed by atoms with Crippen LogP contribution in [0, 0.1) is 0 Å². The molecule has 0 spiro atoms. The van der Waals surface area contributed by atoms with Gasteiger partial charge in [0.15, 0.2) is 11.0 Å². The van der Waals surface area contributed by atoms with Crippen molar-refractivity contribution in [3.05, 3.63) is 85.8 Å². The number of amides is 1. The summed E-state index contributed by atoms with van der Waals surface area (Å²) in [7, 11) is 0. The molecule has 0 unspecified atom stereocenters. The van der Waals surface area contributed by atoms with Gasteiger partial charge in [0.2, 0.25) is 5.91 Å². The number of carbonyl (C=O) groups is 1. The second-order valence-electron chi connectivity index (χ2n) is 6.54. The first-order valence-corrected chi connectivity index (χ1v) is 10.6. The maximum absolute atomic E-state index is 12.7. The Bertz CT molecular complexity index is 1180. The van der Waals surface area contributed by atoms with Gasteiger partial charge >= 0.3 is 0 Å². The largest absolute Gasteiger partial charge is 0.325 e. The Kier molecular flexibility index (Phi) is 6.49. The summed E-state index contributed by atoms with van der Waals surface area (Å²) in [5, 5.41) is 12.1. The number of rotatable bonds is 8. The summed E-state index contributed by atoms with van der Waals surface area (Å²) in [6.07, 6.45) is 6.59. The molecule has 0 saturated carbocycles. The molecular formula is C23H20N6OS. The van der Waals surface area contributed by atoms with E-state index in [9.17, 15) is 4.79 Å². The van der Waals surface area contributed by atoms with Crippen molar-refractivity contribution in [1.82, 2.24) is 24.7 Å². The highest BCUT2D eigenvalue weighted by Crippen LogP contribution is 2.28. The van der Waals surface area contributed by atoms with Crippen LogP contribution in [-0.4, -0.2) is 36.4 Å². The Balaban J connectivity index is 1.48. The molecule has 1 N–H and O–H groups in total. The van der Waals surface area contributed by atoms with E-state index < -0.39 is 0 Å². The van der Waals surface area contributed by atoms with E-state index in [1.807, 2.05) is 59.2 Å². The van der Waals surface area contributed by atoms with Crippen LogP contribution in [0.15, 0.2) is 91.0 Å². The smallest absolute Gasteiger partial charge is 0.234 e. The molecule has 2 aromatic heterocycles. The molecule has 31 heavy (non-hydrogen) atoms. The number of nitrogens with one attached hydrogen (secondary N) is 1. The number of hydrogen-bond acceptors (Lipinski definition) is 6. The molecule has 2 heterocycles. The Morgan fingerprint density at radius 1 is 1.06 bits per heavy atom. The lowest BCUT2D eigenvalue weighted by atomic mass is 10.0. The summed E-state index contributed by atoms with van der Waals surface area (Å²) >= 11 is 1.31. The summed E-state index contributed by atoms with van der Waals surface area (Å²) in [5.74, 6) is 0.659. The first-order valence-electron chi connectivity index (χ1n) is 9.64. The minimum Gasteiger partial charge on any atom is -0.325 e. The molecule has 0 atom stereocenters. The molecule has 0 bridgehead atoms. The molecule has 0 fully saturated rings. The van der Waals surface area contributed by atoms with Crippen molar-refractivity contribution >= 4 is 23.4 Å². The second kappa shape index (κ2) is 9.82. The number of thioether (sulfide) groups is 1. The molecular weight excluding hydrogens is 408 g/mol. The van der Waals surface area contributed by atoms with Crippen LogP contribution >= 0.6 is 11.8 Å². The number of allylic oxidation sites excluding steroid dienone is 1. The molecule has 7 nitrogen and oxygen atoms in total. The molecule has 0 radical (unpaired) electrons. The standard InChI is InChI=1S/C23H20N6OS/c1-2-14-29-22(20-15-24-12-13-25-20)27-28-23(29)31-16-21(30)26-19-11-7-6-10-18(19)17-8-4-3-5-9-17/h2-13,15H,1,14,16H2,(H,26,30). The fourth-order valence-electron chi connectivity index (χ4n) is 3.07. The summed E-state index contributed by atoms with van der Waals surface area (Å²) in [6.45, 7) is 4.30. The summed E-state index contributed by atoms with van der Waals surface area (Å²) in [6, 6.07) is 17.7. The van der Waals surface area contributed by atoms with Gasteiger partial charge in [-0.15, -0.1) is 16.8 Å². The highest BCUT2D eigenvalue weighted by Gasteiger charge is 2.16. The minimum atomic E-state index is -0.123. The third-order valence-corrected chi connectivity index (χ3v) is 5.41. The van der Waals surface area contributed by atoms with Gasteiger partial charge in [0.1, 0.15) is 5.69 Å². The summed E-state index contributed by atoms with van der Waals surface area (Å²) in [4.78, 5) is 21.1. The number of carbonyl (C=O) groups excluding carboxylic acids is 1. The molecule has 2 aromatic carbocycles. The van der Waals surface area contributed by atoms with Gasteiger partial charge in [-0.3, -0.25) is 14.3 Å². The second-order valence-corrected chi connectivity index (χ2v) is 7.49. The summed E-state index contributed by atoms with van der Waals surface area (Å²) in [5.41, 5.74) is 3.41. The van der Waals surface area contributed by atoms with Crippen LogP contribution in [-0.2, 0) is 11.3 Å². The van der Waals surface area contributed by atoms with Gasteiger partial charge in [-0.1, -0.05) is 66.4 Å². The molecule has 154 valence electrons. The molecule has 0 aliphatic heterocycles. The van der Waals surface area contributed by atoms with Gasteiger partial charge in [-0.05, 0) is 11.6 Å². The molecule has 4 aromatic rings. The molecule has 0 aliphatic carbocycles. The van der Waals surface area contributed by atoms with Gasteiger partial charge in [0, 0.05) is 30.2 Å². The number of hydrogen-bond donors (Lipinski definition) is 1. The average molecular weight is 429 g/mol. The van der Waals surface area contributed by atoms with Gasteiger partial charge in [-0.25, -0.2) is 4.98 Å². The molecule has 1 amide bonds. The summed E-state index contributed by atoms with van der Waals surface area (Å²) < 4.78 is 1.87. The van der Waals surface area contributed by atoms with E-state index in [0.29, 0.717) is 23.2 Å². The van der Waals surface area contributed by atoms with Crippen LogP contribution in [0.5, 0.6) is 0 Å². The van der Waals surface area contributed by atoms with Crippen LogP contribution in [0.1, 0.15) is 0 Å². The number of anilines is 1. The van der Waals surface area contributed by atoms with E-state index in [2.05, 4.69) is 32.1 Å². The highest BCUT2D eigenvalue weighted by atomic mass is 32.2. The first kappa shape index (κ1) is 20.5. The predicted molar refractivity (Wildman–Crippen MR) is 122 cm³/mol. The van der Waals surface area contributed by atoms with Crippen LogP contribution in [0.25, 0.3) is 22.6 Å². The average Bonchev–Trinajstić information content (AvgIpc) is 3.22. The Labute approximate surface area is 184 Å². The fraction of sp³-hybridized carbons (Fsp3) is 0.0870. The van der Waals surface area contributed by atoms with Crippen molar-refractivity contribution in [3.8, 4) is 22.6 Å². The SMILES string of the molecule is C=CCn1c(SCC(=O)Nc2ccccc2-c2ccccc2)nnc1-c1cnccn1. The number of aromatic nitrogens is 5. The number of nitrogens with zero attached hydrogens (tertiary/aromatic N) is 5. The van der Waals surface area contributed by atoms with Gasteiger partial charge in [0.05, 0.1) is 11.9 Å². The first-order chi connectivity index (χ1) is 15.3. The zero-order valence-corrected chi connectivity index (χ0v) is 17.5. The zero-order valence-electron chi connectivity index (χ0n) is 16.7. The highest BCUT2D eigenvalue weighted by molar-refractivity contribution is 7.99. The van der Waals surface area contributed by atoms with E-state index in [4.69, 9.17) is 0 Å². The fourth-order valence-corrected chi connectivity index (χ4v) is 3.82. The van der Waals surface area contributed by atoms with E-state index in [1.165, 1.54) is 11.8 Å². The van der Waals surface area contributed by atoms with Crippen LogP contribution in [0.4, 0.5) is 5.69 Å². The number of benzene rings is 2. The maximum Gasteiger partial charge on any atom is 0.234 e. The molecule has 0 saturated heterocycles. The lowest BCUT2D eigenvalue weighted by molar-refractivity contribution is -0.113. The van der Waals surface area contributed by atoms with Crippen molar-refractivity contribution in [2.75, 3.05) is 11.1 Å². The Morgan fingerprint density at radius 2 is 1.87 bits per heavy atom. The van der Waals surface area contributed by atoms with Gasteiger partial charge in [-0.2, -0.15) is 0 Å².